The molecule has 2 heterocycles. The third-order valence-electron chi connectivity index (χ3n) is 5.68. The van der Waals surface area contributed by atoms with Crippen LogP contribution in [0.2, 0.25) is 0 Å². The SMILES string of the molecule is CCc1ccc(-c2cccn3nc(Nc4ccc(C(=O)NC5CC5)c(C)c4)nc23)cc1. The van der Waals surface area contributed by atoms with Crippen molar-refractivity contribution < 1.29 is 4.79 Å². The quantitative estimate of drug-likeness (QED) is 0.473. The molecule has 31 heavy (non-hydrogen) atoms. The monoisotopic (exact) mass is 411 g/mol. The van der Waals surface area contributed by atoms with Crippen molar-refractivity contribution in [1.29, 1.82) is 0 Å². The van der Waals surface area contributed by atoms with Crippen LogP contribution in [0.5, 0.6) is 0 Å². The van der Waals surface area contributed by atoms with Crippen molar-refractivity contribution in [2.45, 2.75) is 39.2 Å². The van der Waals surface area contributed by atoms with Gasteiger partial charge in [-0.25, -0.2) is 4.52 Å². The lowest BCUT2D eigenvalue weighted by molar-refractivity contribution is 0.0950. The molecule has 0 bridgehead atoms. The van der Waals surface area contributed by atoms with Gasteiger partial charge < -0.3 is 10.6 Å². The van der Waals surface area contributed by atoms with Gasteiger partial charge in [0.05, 0.1) is 0 Å². The Labute approximate surface area is 181 Å². The summed E-state index contributed by atoms with van der Waals surface area (Å²) in [6.07, 6.45) is 5.07. The summed E-state index contributed by atoms with van der Waals surface area (Å²) in [5.74, 6) is 0.517. The maximum atomic E-state index is 12.4. The van der Waals surface area contributed by atoms with Crippen molar-refractivity contribution in [3.63, 3.8) is 0 Å². The minimum absolute atomic E-state index is 0.00358. The van der Waals surface area contributed by atoms with E-state index in [2.05, 4.69) is 53.0 Å². The lowest BCUT2D eigenvalue weighted by Crippen LogP contribution is -2.26. The average Bonchev–Trinajstić information content (AvgIpc) is 3.49. The second-order valence-corrected chi connectivity index (χ2v) is 8.08. The Bertz CT molecular complexity index is 1250. The van der Waals surface area contributed by atoms with Gasteiger partial charge in [-0.2, -0.15) is 4.98 Å². The summed E-state index contributed by atoms with van der Waals surface area (Å²) in [4.78, 5) is 17.1. The second kappa shape index (κ2) is 7.87. The molecular formula is C25H25N5O. The van der Waals surface area contributed by atoms with Gasteiger partial charge in [0.2, 0.25) is 5.95 Å². The van der Waals surface area contributed by atoms with Crippen LogP contribution < -0.4 is 10.6 Å². The zero-order valence-electron chi connectivity index (χ0n) is 17.7. The second-order valence-electron chi connectivity index (χ2n) is 8.08. The first-order chi connectivity index (χ1) is 15.1. The Morgan fingerprint density at radius 1 is 1.13 bits per heavy atom. The lowest BCUT2D eigenvalue weighted by Gasteiger charge is -2.09. The standard InChI is InChI=1S/C25H25N5O/c1-3-17-6-8-18(9-7-17)22-5-4-14-30-23(22)28-25(29-30)27-20-12-13-21(16(2)15-20)24(31)26-19-10-11-19/h4-9,12-15,19H,3,10-11H2,1-2H3,(H,26,31)(H,27,29). The van der Waals surface area contributed by atoms with E-state index in [4.69, 9.17) is 4.98 Å². The number of amides is 1. The minimum atomic E-state index is -0.00358. The number of carbonyl (C=O) groups excluding carboxylic acids is 1. The summed E-state index contributed by atoms with van der Waals surface area (Å²) in [7, 11) is 0. The third kappa shape index (κ3) is 4.01. The fraction of sp³-hybridized carbons (Fsp3) is 0.240. The lowest BCUT2D eigenvalue weighted by atomic mass is 10.0. The summed E-state index contributed by atoms with van der Waals surface area (Å²) in [5, 5.41) is 10.9. The highest BCUT2D eigenvalue weighted by molar-refractivity contribution is 5.96. The van der Waals surface area contributed by atoms with Crippen molar-refractivity contribution in [1.82, 2.24) is 19.9 Å². The molecule has 0 unspecified atom stereocenters. The number of benzene rings is 2. The molecule has 0 saturated heterocycles. The van der Waals surface area contributed by atoms with Crippen molar-refractivity contribution in [2.24, 2.45) is 0 Å². The van der Waals surface area contributed by atoms with E-state index >= 15 is 0 Å². The zero-order chi connectivity index (χ0) is 21.4. The zero-order valence-corrected chi connectivity index (χ0v) is 17.7. The molecule has 2 aromatic carbocycles. The molecule has 5 rings (SSSR count). The van der Waals surface area contributed by atoms with Crippen LogP contribution in [0.15, 0.2) is 60.8 Å². The van der Waals surface area contributed by atoms with Crippen LogP contribution in [-0.2, 0) is 6.42 Å². The molecule has 0 atom stereocenters. The van der Waals surface area contributed by atoms with E-state index in [9.17, 15) is 4.79 Å². The van der Waals surface area contributed by atoms with E-state index in [1.807, 2.05) is 37.4 Å². The third-order valence-corrected chi connectivity index (χ3v) is 5.68. The molecule has 156 valence electrons. The summed E-state index contributed by atoms with van der Waals surface area (Å²) in [5.41, 5.74) is 6.74. The Hall–Kier alpha value is -3.67. The number of anilines is 2. The van der Waals surface area contributed by atoms with Gasteiger partial charge in [0.25, 0.3) is 5.91 Å². The Balaban J connectivity index is 1.40. The highest BCUT2D eigenvalue weighted by Crippen LogP contribution is 2.26. The van der Waals surface area contributed by atoms with Gasteiger partial charge in [-0.15, -0.1) is 5.10 Å². The molecule has 1 aliphatic rings. The number of hydrogen-bond acceptors (Lipinski definition) is 4. The van der Waals surface area contributed by atoms with Gasteiger partial charge in [-0.3, -0.25) is 4.79 Å². The van der Waals surface area contributed by atoms with Gasteiger partial charge in [-0.05, 0) is 73.2 Å². The number of pyridine rings is 1. The van der Waals surface area contributed by atoms with Crippen LogP contribution in [0, 0.1) is 6.92 Å². The number of rotatable bonds is 6. The topological polar surface area (TPSA) is 71.3 Å². The van der Waals surface area contributed by atoms with Gasteiger partial charge in [0, 0.05) is 29.1 Å². The molecule has 1 saturated carbocycles. The molecule has 1 aliphatic carbocycles. The molecule has 4 aromatic rings. The average molecular weight is 412 g/mol. The van der Waals surface area contributed by atoms with E-state index in [1.54, 1.807) is 4.52 Å². The molecule has 0 radical (unpaired) electrons. The Morgan fingerprint density at radius 2 is 1.94 bits per heavy atom. The first-order valence-corrected chi connectivity index (χ1v) is 10.7. The number of aryl methyl sites for hydroxylation is 2. The Morgan fingerprint density at radius 3 is 2.65 bits per heavy atom. The molecule has 1 amide bonds. The predicted octanol–water partition coefficient (Wildman–Crippen LogP) is 4.90. The number of aromatic nitrogens is 3. The molecule has 2 aromatic heterocycles. The fourth-order valence-electron chi connectivity index (χ4n) is 3.72. The molecular weight excluding hydrogens is 386 g/mol. The Kier molecular flexibility index (Phi) is 4.90. The first-order valence-electron chi connectivity index (χ1n) is 10.7. The number of nitrogens with zero attached hydrogens (tertiary/aromatic N) is 3. The van der Waals surface area contributed by atoms with Crippen molar-refractivity contribution in [2.75, 3.05) is 5.32 Å². The number of nitrogens with one attached hydrogen (secondary N) is 2. The molecule has 6 heteroatoms. The highest BCUT2D eigenvalue weighted by Gasteiger charge is 2.24. The highest BCUT2D eigenvalue weighted by atomic mass is 16.1. The van der Waals surface area contributed by atoms with Crippen LogP contribution >= 0.6 is 0 Å². The number of carbonyl (C=O) groups is 1. The number of hydrogen-bond donors (Lipinski definition) is 2. The summed E-state index contributed by atoms with van der Waals surface area (Å²) in [6.45, 7) is 4.10. The summed E-state index contributed by atoms with van der Waals surface area (Å²) >= 11 is 0. The van der Waals surface area contributed by atoms with Crippen LogP contribution in [0.3, 0.4) is 0 Å². The van der Waals surface area contributed by atoms with E-state index in [-0.39, 0.29) is 5.91 Å². The van der Waals surface area contributed by atoms with Gasteiger partial charge in [0.15, 0.2) is 5.65 Å². The molecule has 0 spiro atoms. The van der Waals surface area contributed by atoms with Crippen LogP contribution in [-0.4, -0.2) is 26.5 Å². The fourth-order valence-corrected chi connectivity index (χ4v) is 3.72. The van der Waals surface area contributed by atoms with Crippen molar-refractivity contribution in [3.05, 3.63) is 77.5 Å². The normalized spacial score (nSPS) is 13.4. The van der Waals surface area contributed by atoms with E-state index in [0.717, 1.165) is 47.3 Å². The van der Waals surface area contributed by atoms with Crippen LogP contribution in [0.25, 0.3) is 16.8 Å². The predicted molar refractivity (Wildman–Crippen MR) is 123 cm³/mol. The largest absolute Gasteiger partial charge is 0.349 e. The minimum Gasteiger partial charge on any atom is -0.349 e. The van der Waals surface area contributed by atoms with Gasteiger partial charge >= 0.3 is 0 Å². The summed E-state index contributed by atoms with van der Waals surface area (Å²) in [6, 6.07) is 18.7. The van der Waals surface area contributed by atoms with Crippen LogP contribution in [0.1, 0.15) is 41.3 Å². The maximum absolute atomic E-state index is 12.4. The maximum Gasteiger partial charge on any atom is 0.251 e. The molecule has 6 nitrogen and oxygen atoms in total. The smallest absolute Gasteiger partial charge is 0.251 e. The van der Waals surface area contributed by atoms with Crippen molar-refractivity contribution in [3.8, 4) is 11.1 Å². The van der Waals surface area contributed by atoms with Gasteiger partial charge in [-0.1, -0.05) is 31.2 Å². The molecule has 2 N–H and O–H groups in total. The van der Waals surface area contributed by atoms with E-state index in [1.165, 1.54) is 5.56 Å². The van der Waals surface area contributed by atoms with E-state index in [0.29, 0.717) is 17.6 Å². The molecule has 0 aliphatic heterocycles. The van der Waals surface area contributed by atoms with Gasteiger partial charge in [0.1, 0.15) is 0 Å². The van der Waals surface area contributed by atoms with Crippen LogP contribution in [0.4, 0.5) is 11.6 Å². The number of fused-ring (bicyclic) bond motifs is 1. The summed E-state index contributed by atoms with van der Waals surface area (Å²) < 4.78 is 1.79. The first kappa shape index (κ1) is 19.3. The van der Waals surface area contributed by atoms with Crippen molar-refractivity contribution >= 4 is 23.2 Å². The molecule has 1 fully saturated rings. The van der Waals surface area contributed by atoms with E-state index < -0.39 is 0 Å².